The van der Waals surface area contributed by atoms with Gasteiger partial charge in [-0.15, -0.1) is 0 Å². The molecule has 1 saturated carbocycles. The van der Waals surface area contributed by atoms with Gasteiger partial charge in [-0.1, -0.05) is 18.9 Å². The fourth-order valence-corrected chi connectivity index (χ4v) is 2.50. The normalized spacial score (nSPS) is 16.0. The summed E-state index contributed by atoms with van der Waals surface area (Å²) in [6, 6.07) is 4.92. The van der Waals surface area contributed by atoms with Gasteiger partial charge in [0.2, 0.25) is 5.91 Å². The van der Waals surface area contributed by atoms with Crippen LogP contribution in [-0.2, 0) is 4.79 Å². The lowest BCUT2D eigenvalue weighted by atomic mass is 10.1. The van der Waals surface area contributed by atoms with E-state index in [1.807, 2.05) is 0 Å². The summed E-state index contributed by atoms with van der Waals surface area (Å²) in [4.78, 5) is 34.2. The fraction of sp³-hybridized carbons (Fsp3) is 0.467. The minimum Gasteiger partial charge on any atom is -0.352 e. The highest BCUT2D eigenvalue weighted by molar-refractivity contribution is 5.97. The number of rotatable bonds is 5. The highest BCUT2D eigenvalue weighted by Gasteiger charge is 2.22. The quantitative estimate of drug-likeness (QED) is 0.639. The van der Waals surface area contributed by atoms with Crippen LogP contribution in [0.1, 0.15) is 43.0 Å². The molecule has 1 aromatic rings. The number of carbonyl (C=O) groups excluding carboxylic acids is 2. The second-order valence-corrected chi connectivity index (χ2v) is 5.49. The number of nitro groups is 1. The third-order valence-electron chi connectivity index (χ3n) is 3.76. The van der Waals surface area contributed by atoms with Crippen molar-refractivity contribution in [3.63, 3.8) is 0 Å². The van der Waals surface area contributed by atoms with E-state index >= 15 is 0 Å². The first-order valence-corrected chi connectivity index (χ1v) is 7.33. The van der Waals surface area contributed by atoms with Gasteiger partial charge < -0.3 is 10.6 Å². The molecular formula is C15H19N3O4. The Bertz CT molecular complexity index is 582. The van der Waals surface area contributed by atoms with E-state index in [9.17, 15) is 19.7 Å². The van der Waals surface area contributed by atoms with Crippen LogP contribution in [0.25, 0.3) is 0 Å². The molecule has 1 aliphatic rings. The number of hydrogen-bond acceptors (Lipinski definition) is 4. The Morgan fingerprint density at radius 2 is 2.00 bits per heavy atom. The summed E-state index contributed by atoms with van der Waals surface area (Å²) < 4.78 is 0. The van der Waals surface area contributed by atoms with Crippen LogP contribution >= 0.6 is 0 Å². The molecule has 7 nitrogen and oxygen atoms in total. The third kappa shape index (κ3) is 4.03. The Morgan fingerprint density at radius 3 is 2.64 bits per heavy atom. The number of nitrogens with one attached hydrogen (secondary N) is 2. The molecule has 0 heterocycles. The second kappa shape index (κ2) is 7.02. The monoisotopic (exact) mass is 305 g/mol. The summed E-state index contributed by atoms with van der Waals surface area (Å²) in [5, 5.41) is 16.2. The Balaban J connectivity index is 1.94. The van der Waals surface area contributed by atoms with Crippen molar-refractivity contribution in [2.75, 3.05) is 0 Å². The molecule has 22 heavy (non-hydrogen) atoms. The van der Waals surface area contributed by atoms with Gasteiger partial charge in [0.1, 0.15) is 6.04 Å². The maximum Gasteiger partial charge on any atom is 0.270 e. The highest BCUT2D eigenvalue weighted by Crippen LogP contribution is 2.17. The molecule has 0 saturated heterocycles. The van der Waals surface area contributed by atoms with Crippen molar-refractivity contribution in [1.29, 1.82) is 0 Å². The van der Waals surface area contributed by atoms with E-state index in [0.717, 1.165) is 25.7 Å². The van der Waals surface area contributed by atoms with Crippen LogP contribution < -0.4 is 10.6 Å². The Labute approximate surface area is 128 Å². The highest BCUT2D eigenvalue weighted by atomic mass is 16.6. The zero-order valence-corrected chi connectivity index (χ0v) is 12.4. The molecule has 0 radical (unpaired) electrons. The summed E-state index contributed by atoms with van der Waals surface area (Å²) in [6.07, 6.45) is 4.16. The van der Waals surface area contributed by atoms with Crippen LogP contribution in [-0.4, -0.2) is 28.8 Å². The number of non-ortho nitro benzene ring substituents is 1. The molecule has 1 aliphatic carbocycles. The third-order valence-corrected chi connectivity index (χ3v) is 3.76. The number of hydrogen-bond donors (Lipinski definition) is 2. The van der Waals surface area contributed by atoms with E-state index in [1.54, 1.807) is 6.92 Å². The van der Waals surface area contributed by atoms with E-state index in [0.29, 0.717) is 0 Å². The smallest absolute Gasteiger partial charge is 0.270 e. The zero-order valence-electron chi connectivity index (χ0n) is 12.4. The summed E-state index contributed by atoms with van der Waals surface area (Å²) in [7, 11) is 0. The van der Waals surface area contributed by atoms with Crippen molar-refractivity contribution in [1.82, 2.24) is 10.6 Å². The Kier molecular flexibility index (Phi) is 5.08. The van der Waals surface area contributed by atoms with Crippen molar-refractivity contribution in [2.24, 2.45) is 0 Å². The fourth-order valence-electron chi connectivity index (χ4n) is 2.50. The van der Waals surface area contributed by atoms with Gasteiger partial charge in [-0.2, -0.15) is 0 Å². The van der Waals surface area contributed by atoms with Crippen LogP contribution in [0.5, 0.6) is 0 Å². The van der Waals surface area contributed by atoms with E-state index in [2.05, 4.69) is 10.6 Å². The predicted octanol–water partition coefficient (Wildman–Crippen LogP) is 1.77. The molecule has 7 heteroatoms. The summed E-state index contributed by atoms with van der Waals surface area (Å²) in [5.41, 5.74) is 0.00502. The summed E-state index contributed by atoms with van der Waals surface area (Å²) in [5.74, 6) is -0.733. The standard InChI is InChI=1S/C15H19N3O4/c1-10(14(19)17-12-6-2-3-7-12)16-15(20)11-5-4-8-13(9-11)18(21)22/h4-5,8-10,12H,2-3,6-7H2,1H3,(H,16,20)(H,17,19)/t10-/m0/s1. The topological polar surface area (TPSA) is 101 Å². The van der Waals surface area contributed by atoms with E-state index in [4.69, 9.17) is 0 Å². The maximum atomic E-state index is 12.1. The predicted molar refractivity (Wildman–Crippen MR) is 80.4 cm³/mol. The largest absolute Gasteiger partial charge is 0.352 e. The van der Waals surface area contributed by atoms with Crippen LogP contribution in [0.4, 0.5) is 5.69 Å². The molecule has 2 rings (SSSR count). The first-order valence-electron chi connectivity index (χ1n) is 7.33. The van der Waals surface area contributed by atoms with E-state index in [1.165, 1.54) is 24.3 Å². The Hall–Kier alpha value is -2.44. The van der Waals surface area contributed by atoms with Gasteiger partial charge in [-0.05, 0) is 25.8 Å². The zero-order chi connectivity index (χ0) is 16.1. The lowest BCUT2D eigenvalue weighted by Gasteiger charge is -2.17. The second-order valence-electron chi connectivity index (χ2n) is 5.49. The first kappa shape index (κ1) is 15.9. The molecule has 0 spiro atoms. The molecule has 1 fully saturated rings. The van der Waals surface area contributed by atoms with Crippen molar-refractivity contribution in [3.05, 3.63) is 39.9 Å². The van der Waals surface area contributed by atoms with Gasteiger partial charge in [-0.25, -0.2) is 0 Å². The summed E-state index contributed by atoms with van der Waals surface area (Å²) >= 11 is 0. The average Bonchev–Trinajstić information content (AvgIpc) is 3.00. The lowest BCUT2D eigenvalue weighted by Crippen LogP contribution is -2.47. The molecule has 0 bridgehead atoms. The Morgan fingerprint density at radius 1 is 1.32 bits per heavy atom. The van der Waals surface area contributed by atoms with Gasteiger partial charge in [0, 0.05) is 23.7 Å². The van der Waals surface area contributed by atoms with E-state index < -0.39 is 16.9 Å². The van der Waals surface area contributed by atoms with Gasteiger partial charge in [0.05, 0.1) is 4.92 Å². The van der Waals surface area contributed by atoms with Crippen LogP contribution in [0.15, 0.2) is 24.3 Å². The lowest BCUT2D eigenvalue weighted by molar-refractivity contribution is -0.384. The van der Waals surface area contributed by atoms with Crippen LogP contribution in [0.3, 0.4) is 0 Å². The van der Waals surface area contributed by atoms with Crippen LogP contribution in [0.2, 0.25) is 0 Å². The molecule has 0 unspecified atom stereocenters. The van der Waals surface area contributed by atoms with Crippen LogP contribution in [0, 0.1) is 10.1 Å². The molecule has 1 atom stereocenters. The average molecular weight is 305 g/mol. The van der Waals surface area contributed by atoms with Gasteiger partial charge in [0.15, 0.2) is 0 Å². The van der Waals surface area contributed by atoms with Gasteiger partial charge >= 0.3 is 0 Å². The molecule has 1 aromatic carbocycles. The minimum absolute atomic E-state index is 0.157. The molecule has 118 valence electrons. The van der Waals surface area contributed by atoms with E-state index in [-0.39, 0.29) is 23.2 Å². The summed E-state index contributed by atoms with van der Waals surface area (Å²) in [6.45, 7) is 1.60. The van der Waals surface area contributed by atoms with Crippen molar-refractivity contribution in [2.45, 2.75) is 44.7 Å². The molecule has 0 aliphatic heterocycles. The number of nitrogens with zero attached hydrogens (tertiary/aromatic N) is 1. The minimum atomic E-state index is -0.688. The molecule has 2 N–H and O–H groups in total. The number of amides is 2. The molecular weight excluding hydrogens is 286 g/mol. The number of nitro benzene ring substituents is 1. The van der Waals surface area contributed by atoms with Crippen molar-refractivity contribution < 1.29 is 14.5 Å². The SMILES string of the molecule is C[C@H](NC(=O)c1cccc([N+](=O)[O-])c1)C(=O)NC1CCCC1. The molecule has 0 aromatic heterocycles. The maximum absolute atomic E-state index is 12.1. The van der Waals surface area contributed by atoms with Gasteiger partial charge in [0.25, 0.3) is 11.6 Å². The van der Waals surface area contributed by atoms with Crippen molar-refractivity contribution in [3.8, 4) is 0 Å². The van der Waals surface area contributed by atoms with Crippen molar-refractivity contribution >= 4 is 17.5 Å². The van der Waals surface area contributed by atoms with Gasteiger partial charge in [-0.3, -0.25) is 19.7 Å². The number of carbonyl (C=O) groups is 2. The first-order chi connectivity index (χ1) is 10.5. The molecule has 2 amide bonds. The number of benzene rings is 1.